The summed E-state index contributed by atoms with van der Waals surface area (Å²) < 4.78 is 30.6. The van der Waals surface area contributed by atoms with Gasteiger partial charge in [0.25, 0.3) is 5.91 Å². The fraction of sp³-hybridized carbons (Fsp3) is 0.409. The predicted octanol–water partition coefficient (Wildman–Crippen LogP) is 3.76. The van der Waals surface area contributed by atoms with Gasteiger partial charge in [-0.15, -0.1) is 0 Å². The molecule has 1 unspecified atom stereocenters. The number of anilines is 2. The summed E-state index contributed by atoms with van der Waals surface area (Å²) in [5.41, 5.74) is 3.68. The largest absolute Gasteiger partial charge is 0.481 e. The van der Waals surface area contributed by atoms with Crippen LogP contribution in [0.25, 0.3) is 0 Å². The van der Waals surface area contributed by atoms with E-state index in [9.17, 15) is 13.2 Å². The SMILES string of the molecule is CCC(Oc1ccc2c(c1)CCCC2)C(=O)Nc1cccc(N(C)S(C)(=O)=O)c1. The molecule has 0 spiro atoms. The molecule has 7 heteroatoms. The van der Waals surface area contributed by atoms with Crippen LogP contribution in [-0.2, 0) is 27.7 Å². The molecule has 2 aromatic carbocycles. The van der Waals surface area contributed by atoms with Gasteiger partial charge in [0.1, 0.15) is 5.75 Å². The van der Waals surface area contributed by atoms with Crippen LogP contribution in [0.1, 0.15) is 37.3 Å². The lowest BCUT2D eigenvalue weighted by atomic mass is 9.92. The summed E-state index contributed by atoms with van der Waals surface area (Å²) in [6, 6.07) is 12.8. The standard InChI is InChI=1S/C22H28N2O4S/c1-4-21(28-20-13-12-16-8-5-6-9-17(16)14-20)22(25)23-18-10-7-11-19(15-18)24(2)29(3,26)27/h7,10-15,21H,4-6,8-9H2,1-3H3,(H,23,25). The maximum absolute atomic E-state index is 12.7. The molecule has 29 heavy (non-hydrogen) atoms. The first kappa shape index (κ1) is 21.2. The van der Waals surface area contributed by atoms with Crippen LogP contribution in [0.2, 0.25) is 0 Å². The molecular weight excluding hydrogens is 388 g/mol. The fourth-order valence-corrected chi connectivity index (χ4v) is 3.96. The second-order valence-electron chi connectivity index (χ2n) is 7.42. The maximum Gasteiger partial charge on any atom is 0.265 e. The van der Waals surface area contributed by atoms with Crippen molar-refractivity contribution in [2.45, 2.75) is 45.1 Å². The Morgan fingerprint density at radius 2 is 1.86 bits per heavy atom. The maximum atomic E-state index is 12.7. The lowest BCUT2D eigenvalue weighted by Crippen LogP contribution is -2.32. The molecule has 6 nitrogen and oxygen atoms in total. The zero-order valence-corrected chi connectivity index (χ0v) is 18.0. The van der Waals surface area contributed by atoms with E-state index in [4.69, 9.17) is 4.74 Å². The number of hydrogen-bond donors (Lipinski definition) is 1. The molecule has 0 fully saturated rings. The molecule has 0 aromatic heterocycles. The average molecular weight is 417 g/mol. The molecule has 3 rings (SSSR count). The second kappa shape index (κ2) is 8.86. The molecule has 1 aliphatic rings. The Balaban J connectivity index is 1.70. The Kier molecular flexibility index (Phi) is 6.47. The van der Waals surface area contributed by atoms with E-state index in [1.807, 2.05) is 19.1 Å². The number of nitrogens with one attached hydrogen (secondary N) is 1. The number of ether oxygens (including phenoxy) is 1. The molecule has 1 N–H and O–H groups in total. The highest BCUT2D eigenvalue weighted by atomic mass is 32.2. The number of fused-ring (bicyclic) bond motifs is 1. The zero-order valence-electron chi connectivity index (χ0n) is 17.1. The van der Waals surface area contributed by atoms with Gasteiger partial charge in [-0.3, -0.25) is 9.10 Å². The Morgan fingerprint density at radius 1 is 1.14 bits per heavy atom. The van der Waals surface area contributed by atoms with Crippen LogP contribution in [0.3, 0.4) is 0 Å². The average Bonchev–Trinajstić information content (AvgIpc) is 2.70. The van der Waals surface area contributed by atoms with Crippen molar-refractivity contribution >= 4 is 27.3 Å². The molecule has 1 amide bonds. The van der Waals surface area contributed by atoms with Gasteiger partial charge in [0.15, 0.2) is 6.10 Å². The highest BCUT2D eigenvalue weighted by Crippen LogP contribution is 2.26. The van der Waals surface area contributed by atoms with Crippen LogP contribution in [-0.4, -0.2) is 33.7 Å². The van der Waals surface area contributed by atoms with Gasteiger partial charge < -0.3 is 10.1 Å². The van der Waals surface area contributed by atoms with Crippen molar-refractivity contribution in [1.29, 1.82) is 0 Å². The molecule has 2 aromatic rings. The van der Waals surface area contributed by atoms with Crippen molar-refractivity contribution < 1.29 is 17.9 Å². The van der Waals surface area contributed by atoms with Gasteiger partial charge >= 0.3 is 0 Å². The van der Waals surface area contributed by atoms with E-state index in [0.717, 1.165) is 19.1 Å². The van der Waals surface area contributed by atoms with Gasteiger partial charge in [0.2, 0.25) is 10.0 Å². The summed E-state index contributed by atoms with van der Waals surface area (Å²) in [5, 5.41) is 2.84. The number of carbonyl (C=O) groups is 1. The van der Waals surface area contributed by atoms with E-state index in [2.05, 4.69) is 11.4 Å². The summed E-state index contributed by atoms with van der Waals surface area (Å²) in [6.45, 7) is 1.90. The van der Waals surface area contributed by atoms with E-state index >= 15 is 0 Å². The van der Waals surface area contributed by atoms with Crippen LogP contribution < -0.4 is 14.4 Å². The van der Waals surface area contributed by atoms with Crippen molar-refractivity contribution in [3.63, 3.8) is 0 Å². The molecule has 0 heterocycles. The van der Waals surface area contributed by atoms with Crippen molar-refractivity contribution in [2.24, 2.45) is 0 Å². The van der Waals surface area contributed by atoms with Crippen molar-refractivity contribution in [3.05, 3.63) is 53.6 Å². The normalized spacial score (nSPS) is 14.6. The number of rotatable bonds is 7. The molecule has 0 aliphatic heterocycles. The highest BCUT2D eigenvalue weighted by Gasteiger charge is 2.20. The molecule has 1 atom stereocenters. The van der Waals surface area contributed by atoms with Gasteiger partial charge in [0, 0.05) is 12.7 Å². The number of benzene rings is 2. The minimum Gasteiger partial charge on any atom is -0.481 e. The summed E-state index contributed by atoms with van der Waals surface area (Å²) in [5.74, 6) is 0.447. The molecule has 0 bridgehead atoms. The van der Waals surface area contributed by atoms with Crippen LogP contribution in [0.5, 0.6) is 5.75 Å². The smallest absolute Gasteiger partial charge is 0.265 e. The van der Waals surface area contributed by atoms with Crippen LogP contribution in [0, 0.1) is 0 Å². The van der Waals surface area contributed by atoms with Crippen molar-refractivity contribution in [3.8, 4) is 5.75 Å². The second-order valence-corrected chi connectivity index (χ2v) is 9.44. The third kappa shape index (κ3) is 5.29. The first-order valence-electron chi connectivity index (χ1n) is 9.91. The Labute approximate surface area is 172 Å². The quantitative estimate of drug-likeness (QED) is 0.746. The third-order valence-corrected chi connectivity index (χ3v) is 6.44. The number of nitrogens with zero attached hydrogens (tertiary/aromatic N) is 1. The first-order valence-corrected chi connectivity index (χ1v) is 11.8. The molecular formula is C22H28N2O4S. The molecule has 0 radical (unpaired) electrons. The summed E-state index contributed by atoms with van der Waals surface area (Å²) in [7, 11) is -1.90. The summed E-state index contributed by atoms with van der Waals surface area (Å²) in [4.78, 5) is 12.7. The number of aryl methyl sites for hydroxylation is 2. The topological polar surface area (TPSA) is 75.7 Å². The van der Waals surface area contributed by atoms with E-state index in [1.165, 1.54) is 35.3 Å². The van der Waals surface area contributed by atoms with Crippen LogP contribution in [0.15, 0.2) is 42.5 Å². The van der Waals surface area contributed by atoms with Gasteiger partial charge in [-0.2, -0.15) is 0 Å². The van der Waals surface area contributed by atoms with Gasteiger partial charge in [0.05, 0.1) is 11.9 Å². The van der Waals surface area contributed by atoms with Gasteiger partial charge in [-0.1, -0.05) is 19.1 Å². The van der Waals surface area contributed by atoms with Crippen LogP contribution in [0.4, 0.5) is 11.4 Å². The molecule has 1 aliphatic carbocycles. The number of sulfonamides is 1. The molecule has 0 saturated heterocycles. The molecule has 156 valence electrons. The minimum absolute atomic E-state index is 0.260. The monoisotopic (exact) mass is 416 g/mol. The summed E-state index contributed by atoms with van der Waals surface area (Å²) in [6.07, 6.45) is 5.59. The van der Waals surface area contributed by atoms with Gasteiger partial charge in [-0.25, -0.2) is 8.42 Å². The molecule has 0 saturated carbocycles. The Bertz CT molecular complexity index is 988. The number of amides is 1. The van der Waals surface area contributed by atoms with Crippen molar-refractivity contribution in [1.82, 2.24) is 0 Å². The van der Waals surface area contributed by atoms with E-state index in [-0.39, 0.29) is 5.91 Å². The fourth-order valence-electron chi connectivity index (χ4n) is 3.46. The number of carbonyl (C=O) groups excluding carboxylic acids is 1. The number of hydrogen-bond acceptors (Lipinski definition) is 4. The van der Waals surface area contributed by atoms with Crippen LogP contribution >= 0.6 is 0 Å². The highest BCUT2D eigenvalue weighted by molar-refractivity contribution is 7.92. The zero-order chi connectivity index (χ0) is 21.0. The van der Waals surface area contributed by atoms with E-state index in [1.54, 1.807) is 24.3 Å². The third-order valence-electron chi connectivity index (χ3n) is 5.24. The predicted molar refractivity (Wildman–Crippen MR) is 116 cm³/mol. The lowest BCUT2D eigenvalue weighted by Gasteiger charge is -2.21. The lowest BCUT2D eigenvalue weighted by molar-refractivity contribution is -0.122. The van der Waals surface area contributed by atoms with Crippen molar-refractivity contribution in [2.75, 3.05) is 22.9 Å². The van der Waals surface area contributed by atoms with E-state index in [0.29, 0.717) is 23.5 Å². The van der Waals surface area contributed by atoms with Gasteiger partial charge in [-0.05, 0) is 73.6 Å². The Hall–Kier alpha value is -2.54. The Morgan fingerprint density at radius 3 is 2.55 bits per heavy atom. The first-order chi connectivity index (χ1) is 13.8. The minimum atomic E-state index is -3.37. The van der Waals surface area contributed by atoms with E-state index < -0.39 is 16.1 Å². The summed E-state index contributed by atoms with van der Waals surface area (Å²) >= 11 is 0.